The van der Waals surface area contributed by atoms with E-state index in [0.717, 1.165) is 0 Å². The van der Waals surface area contributed by atoms with Crippen molar-refractivity contribution in [3.63, 3.8) is 0 Å². The number of aromatic nitrogens is 1. The number of ether oxygens (including phenoxy) is 1. The van der Waals surface area contributed by atoms with Gasteiger partial charge in [-0.25, -0.2) is 14.6 Å². The molecule has 46 heavy (non-hydrogen) atoms. The number of H-pyrrole nitrogens is 1. The number of benzene rings is 3. The van der Waals surface area contributed by atoms with Gasteiger partial charge in [0.25, 0.3) is 11.8 Å². The van der Waals surface area contributed by atoms with E-state index in [0.29, 0.717) is 41.0 Å². The monoisotopic (exact) mass is 646 g/mol. The van der Waals surface area contributed by atoms with Crippen molar-refractivity contribution in [1.29, 1.82) is 0 Å². The first-order chi connectivity index (χ1) is 22.1. The number of hydrogen-bond donors (Lipinski definition) is 6. The summed E-state index contributed by atoms with van der Waals surface area (Å²) in [7, 11) is 0. The fourth-order valence-electron chi connectivity index (χ4n) is 5.46. The van der Waals surface area contributed by atoms with Gasteiger partial charge in [-0.05, 0) is 54.1 Å². The molecule has 236 valence electrons. The Morgan fingerprint density at radius 1 is 1.11 bits per heavy atom. The topological polar surface area (TPSA) is 165 Å². The minimum absolute atomic E-state index is 0.00452. The van der Waals surface area contributed by atoms with E-state index < -0.39 is 35.2 Å². The molecule has 2 aliphatic rings. The maximum atomic E-state index is 15.2. The van der Waals surface area contributed by atoms with E-state index >= 15 is 4.39 Å². The molecule has 14 heteroatoms. The number of aromatic amines is 1. The second-order valence-corrected chi connectivity index (χ2v) is 11.2. The van der Waals surface area contributed by atoms with Crippen molar-refractivity contribution in [2.24, 2.45) is 0 Å². The van der Waals surface area contributed by atoms with E-state index in [1.165, 1.54) is 36.5 Å². The van der Waals surface area contributed by atoms with Crippen LogP contribution in [-0.4, -0.2) is 59.6 Å². The van der Waals surface area contributed by atoms with Crippen LogP contribution >= 0.6 is 11.6 Å². The Balaban J connectivity index is 1.29. The molecule has 0 radical (unpaired) electrons. The number of amides is 3. The summed E-state index contributed by atoms with van der Waals surface area (Å²) in [5, 5.41) is 15.3. The van der Waals surface area contributed by atoms with Crippen LogP contribution in [0.4, 0.5) is 15.8 Å². The Hall–Kier alpha value is -5.24. The number of carbonyl (C=O) groups is 4. The molecule has 2 aliphatic heterocycles. The number of fused-ring (bicyclic) bond motifs is 1. The molecular weight excluding hydrogens is 619 g/mol. The minimum Gasteiger partial charge on any atom is -0.477 e. The van der Waals surface area contributed by atoms with E-state index in [2.05, 4.69) is 26.5 Å². The fraction of sp³-hybridized carbons (Fsp3) is 0.188. The number of morpholine rings is 1. The van der Waals surface area contributed by atoms with Gasteiger partial charge >= 0.3 is 5.97 Å². The summed E-state index contributed by atoms with van der Waals surface area (Å²) in [6.45, 7) is 0.824. The van der Waals surface area contributed by atoms with Crippen LogP contribution in [0.25, 0.3) is 10.9 Å². The molecule has 1 fully saturated rings. The molecule has 0 saturated carbocycles. The predicted octanol–water partition coefficient (Wildman–Crippen LogP) is 3.20. The van der Waals surface area contributed by atoms with Gasteiger partial charge < -0.3 is 35.8 Å². The van der Waals surface area contributed by atoms with E-state index in [1.807, 2.05) is 0 Å². The van der Waals surface area contributed by atoms with Crippen LogP contribution in [0.15, 0.2) is 79.0 Å². The lowest BCUT2D eigenvalue weighted by Gasteiger charge is -2.30. The highest BCUT2D eigenvalue weighted by Gasteiger charge is 2.44. The molecule has 6 rings (SSSR count). The van der Waals surface area contributed by atoms with Gasteiger partial charge in [0.15, 0.2) is 5.54 Å². The zero-order chi connectivity index (χ0) is 32.4. The predicted molar refractivity (Wildman–Crippen MR) is 168 cm³/mol. The number of hydrogen-bond acceptors (Lipinski definition) is 7. The molecule has 3 amide bonds. The van der Waals surface area contributed by atoms with Gasteiger partial charge in [0.1, 0.15) is 24.2 Å². The molecule has 1 aromatic heterocycles. The largest absolute Gasteiger partial charge is 0.477 e. The van der Waals surface area contributed by atoms with Gasteiger partial charge in [-0.15, -0.1) is 0 Å². The molecule has 1 saturated heterocycles. The maximum absolute atomic E-state index is 15.2. The Bertz CT molecular complexity index is 1880. The summed E-state index contributed by atoms with van der Waals surface area (Å²) >= 11 is 6.04. The summed E-state index contributed by atoms with van der Waals surface area (Å²) in [4.78, 5) is 55.8. The van der Waals surface area contributed by atoms with Crippen molar-refractivity contribution in [3.05, 3.63) is 107 Å². The third kappa shape index (κ3) is 6.03. The first-order valence-electron chi connectivity index (χ1n) is 14.2. The molecule has 12 nitrogen and oxygen atoms in total. The molecule has 2 atom stereocenters. The molecule has 0 spiro atoms. The molecule has 4 aromatic rings. The molecule has 3 heterocycles. The molecular formula is C32H28ClFN6O6. The number of carboxylic acids is 1. The highest BCUT2D eigenvalue weighted by atomic mass is 35.5. The Labute approximate surface area is 266 Å². The van der Waals surface area contributed by atoms with E-state index in [9.17, 15) is 24.3 Å². The fourth-order valence-corrected chi connectivity index (χ4v) is 5.63. The Morgan fingerprint density at radius 3 is 2.63 bits per heavy atom. The Kier molecular flexibility index (Phi) is 8.45. The van der Waals surface area contributed by atoms with Gasteiger partial charge in [-0.3, -0.25) is 14.4 Å². The summed E-state index contributed by atoms with van der Waals surface area (Å²) in [6, 6.07) is 16.4. The first kappa shape index (κ1) is 30.8. The molecule has 6 N–H and O–H groups in total. The SMILES string of the molecule is O=C(O)c1cc2cc(NC(=O)C(Cc3ccc(N4CCOCC4=O)cc3)NC(=O)C3(c4cccc(Cl)c4F)C=CNN3)ccc2[nH]1. The van der Waals surface area contributed by atoms with Crippen LogP contribution in [0.5, 0.6) is 0 Å². The van der Waals surface area contributed by atoms with Gasteiger partial charge in [0.2, 0.25) is 5.91 Å². The number of halogens is 2. The van der Waals surface area contributed by atoms with Gasteiger partial charge in [-0.2, -0.15) is 0 Å². The molecule has 0 aliphatic carbocycles. The van der Waals surface area contributed by atoms with Crippen LogP contribution in [0.2, 0.25) is 5.02 Å². The first-order valence-corrected chi connectivity index (χ1v) is 14.6. The van der Waals surface area contributed by atoms with Crippen molar-refractivity contribution in [2.75, 3.05) is 30.0 Å². The number of anilines is 2. The number of nitrogens with zero attached hydrogens (tertiary/aromatic N) is 1. The van der Waals surface area contributed by atoms with Crippen molar-refractivity contribution < 1.29 is 33.4 Å². The third-order valence-corrected chi connectivity index (χ3v) is 8.13. The summed E-state index contributed by atoms with van der Waals surface area (Å²) in [6.07, 6.45) is 2.91. The maximum Gasteiger partial charge on any atom is 0.352 e. The van der Waals surface area contributed by atoms with E-state index in [1.54, 1.807) is 47.4 Å². The van der Waals surface area contributed by atoms with Crippen LogP contribution in [-0.2, 0) is 31.1 Å². The average molecular weight is 647 g/mol. The standard InChI is InChI=1S/C32H28ClFN6O6/c33-23-3-1-2-22(28(23)34)32(10-11-35-39-32)31(45)38-25(14-18-4-7-21(8-5-18)40-12-13-46-17-27(40)41)29(42)36-20-6-9-24-19(15-20)16-26(37-24)30(43)44/h1-11,15-16,25,35,37,39H,12-14,17H2,(H,36,42)(H,38,45)(H,43,44). The van der Waals surface area contributed by atoms with Crippen molar-refractivity contribution in [1.82, 2.24) is 21.2 Å². The number of hydrazine groups is 1. The smallest absolute Gasteiger partial charge is 0.352 e. The highest BCUT2D eigenvalue weighted by Crippen LogP contribution is 2.31. The average Bonchev–Trinajstić information content (AvgIpc) is 3.71. The van der Waals surface area contributed by atoms with Crippen LogP contribution in [0.1, 0.15) is 21.6 Å². The zero-order valence-corrected chi connectivity index (χ0v) is 24.9. The van der Waals surface area contributed by atoms with Crippen LogP contribution in [0, 0.1) is 5.82 Å². The lowest BCUT2D eigenvalue weighted by Crippen LogP contribution is -2.58. The number of aromatic carboxylic acids is 1. The van der Waals surface area contributed by atoms with Gasteiger partial charge in [0.05, 0.1) is 11.6 Å². The number of rotatable bonds is 9. The quantitative estimate of drug-likeness (QED) is 0.161. The van der Waals surface area contributed by atoms with Crippen molar-refractivity contribution in [3.8, 4) is 0 Å². The number of nitrogens with one attached hydrogen (secondary N) is 5. The van der Waals surface area contributed by atoms with E-state index in [4.69, 9.17) is 16.3 Å². The van der Waals surface area contributed by atoms with E-state index in [-0.39, 0.29) is 35.2 Å². The highest BCUT2D eigenvalue weighted by molar-refractivity contribution is 6.30. The van der Waals surface area contributed by atoms with Crippen molar-refractivity contribution >= 4 is 57.6 Å². The zero-order valence-electron chi connectivity index (χ0n) is 24.1. The van der Waals surface area contributed by atoms with Crippen LogP contribution < -0.4 is 26.4 Å². The lowest BCUT2D eigenvalue weighted by atomic mass is 9.89. The summed E-state index contributed by atoms with van der Waals surface area (Å²) < 4.78 is 20.4. The third-order valence-electron chi connectivity index (χ3n) is 7.83. The molecule has 2 unspecified atom stereocenters. The minimum atomic E-state index is -1.73. The van der Waals surface area contributed by atoms with Crippen molar-refractivity contribution in [2.45, 2.75) is 18.0 Å². The molecule has 0 bridgehead atoms. The second kappa shape index (κ2) is 12.6. The van der Waals surface area contributed by atoms with Gasteiger partial charge in [-0.1, -0.05) is 35.9 Å². The Morgan fingerprint density at radius 2 is 1.91 bits per heavy atom. The summed E-state index contributed by atoms with van der Waals surface area (Å²) in [5.74, 6) is -3.39. The normalized spacial score (nSPS) is 18.3. The second-order valence-electron chi connectivity index (χ2n) is 10.8. The van der Waals surface area contributed by atoms with Gasteiger partial charge in [0, 0.05) is 47.0 Å². The number of carbonyl (C=O) groups excluding carboxylic acids is 3. The van der Waals surface area contributed by atoms with Crippen LogP contribution in [0.3, 0.4) is 0 Å². The molecule has 3 aromatic carbocycles. The summed E-state index contributed by atoms with van der Waals surface area (Å²) in [5.41, 5.74) is 5.99. The lowest BCUT2D eigenvalue weighted by molar-refractivity contribution is -0.130. The number of carboxylic acid groups (broad SMARTS) is 1.